The Morgan fingerprint density at radius 1 is 0.600 bits per heavy atom. The van der Waals surface area contributed by atoms with Crippen molar-refractivity contribution in [2.45, 2.75) is 151 Å². The first-order valence-corrected chi connectivity index (χ1v) is 16.8. The summed E-state index contributed by atoms with van der Waals surface area (Å²) in [5.74, 6) is 0.617. The van der Waals surface area contributed by atoms with Crippen LogP contribution >= 0.6 is 0 Å². The Balaban J connectivity index is 0.00000125. The monoisotopic (exact) mass is 548 g/mol. The van der Waals surface area contributed by atoms with Crippen molar-refractivity contribution in [3.8, 4) is 22.6 Å². The number of aromatic nitrogens is 2. The van der Waals surface area contributed by atoms with Crippen molar-refractivity contribution in [2.24, 2.45) is 0 Å². The van der Waals surface area contributed by atoms with E-state index >= 15 is 0 Å². The van der Waals surface area contributed by atoms with Crippen LogP contribution in [0.2, 0.25) is 0 Å². The molecule has 3 aromatic rings. The summed E-state index contributed by atoms with van der Waals surface area (Å²) in [7, 11) is 0. The number of nitrogens with zero attached hydrogens (tertiary/aromatic N) is 2. The van der Waals surface area contributed by atoms with Crippen LogP contribution in [0.15, 0.2) is 53.3 Å². The van der Waals surface area contributed by atoms with Gasteiger partial charge in [0.05, 0.1) is 0 Å². The summed E-state index contributed by atoms with van der Waals surface area (Å²) in [6, 6.07) is 15.9. The van der Waals surface area contributed by atoms with Gasteiger partial charge in [0.2, 0.25) is 12.3 Å². The smallest absolute Gasteiger partial charge is 0.247 e. The lowest BCUT2D eigenvalue weighted by Crippen LogP contribution is -2.25. The maximum Gasteiger partial charge on any atom is 0.247 e. The van der Waals surface area contributed by atoms with Gasteiger partial charge in [0, 0.05) is 11.0 Å². The average Bonchev–Trinajstić information content (AvgIpc) is 3.66. The summed E-state index contributed by atoms with van der Waals surface area (Å²) in [6.45, 7) is 16.6. The third-order valence-corrected chi connectivity index (χ3v) is 7.79. The van der Waals surface area contributed by atoms with Gasteiger partial charge >= 0.3 is 0 Å². The Labute approximate surface area is 247 Å². The third-order valence-electron chi connectivity index (χ3n) is 7.79. The van der Waals surface area contributed by atoms with Gasteiger partial charge < -0.3 is 4.42 Å². The van der Waals surface area contributed by atoms with Crippen molar-refractivity contribution < 1.29 is 4.42 Å². The van der Waals surface area contributed by atoms with Gasteiger partial charge in [0.15, 0.2) is 0 Å². The molecule has 40 heavy (non-hydrogen) atoms. The van der Waals surface area contributed by atoms with Crippen molar-refractivity contribution in [1.29, 1.82) is 0 Å². The second-order valence-corrected chi connectivity index (χ2v) is 10.2. The molecule has 0 bridgehead atoms. The Morgan fingerprint density at radius 2 is 1.12 bits per heavy atom. The van der Waals surface area contributed by atoms with Gasteiger partial charge in [-0.2, -0.15) is 0 Å². The van der Waals surface area contributed by atoms with Crippen molar-refractivity contribution in [3.63, 3.8) is 0 Å². The fourth-order valence-electron chi connectivity index (χ4n) is 5.97. The standard InChI is InChI=1S/C31H42N2O.3C2H6/c1-3-5-7-9-10-12-16-22-31(21-15-11-8-6-4-2)28-18-14-13-17-26(28)27-20-19-25(23-29(27)31)30-33-32-24-34-30;3*1-2/h13-14,17-20,23-24H,3-12,15-16,21-22H2,1-2H3;3*1-2H3. The van der Waals surface area contributed by atoms with E-state index in [1.54, 1.807) is 0 Å². The van der Waals surface area contributed by atoms with Crippen LogP contribution in [-0.4, -0.2) is 10.2 Å². The van der Waals surface area contributed by atoms with Crippen molar-refractivity contribution >= 4 is 0 Å². The molecule has 1 aliphatic carbocycles. The summed E-state index contributed by atoms with van der Waals surface area (Å²) in [6.07, 6.45) is 19.9. The highest BCUT2D eigenvalue weighted by molar-refractivity contribution is 5.83. The highest BCUT2D eigenvalue weighted by Crippen LogP contribution is 2.54. The van der Waals surface area contributed by atoms with Crippen LogP contribution in [0.4, 0.5) is 0 Å². The zero-order valence-corrected chi connectivity index (χ0v) is 27.3. The molecule has 1 aliphatic rings. The van der Waals surface area contributed by atoms with E-state index in [1.165, 1.54) is 119 Å². The van der Waals surface area contributed by atoms with Crippen molar-refractivity contribution in [3.05, 3.63) is 60.0 Å². The molecule has 1 heterocycles. The minimum atomic E-state index is 0.0948. The van der Waals surface area contributed by atoms with E-state index in [4.69, 9.17) is 4.42 Å². The Kier molecular flexibility index (Phi) is 19.0. The molecule has 1 aromatic heterocycles. The van der Waals surface area contributed by atoms with Crippen molar-refractivity contribution in [1.82, 2.24) is 10.2 Å². The fraction of sp³-hybridized carbons (Fsp3) is 0.622. The molecule has 0 fully saturated rings. The Morgan fingerprint density at radius 3 is 1.68 bits per heavy atom. The number of unbranched alkanes of at least 4 members (excludes halogenated alkanes) is 10. The van der Waals surface area contributed by atoms with Crippen LogP contribution in [0.1, 0.15) is 156 Å². The zero-order valence-electron chi connectivity index (χ0n) is 27.3. The van der Waals surface area contributed by atoms with E-state index in [0.717, 1.165) is 5.56 Å². The van der Waals surface area contributed by atoms with Gasteiger partial charge in [0.1, 0.15) is 0 Å². The zero-order chi connectivity index (χ0) is 29.6. The molecule has 4 rings (SSSR count). The molecule has 0 spiro atoms. The van der Waals surface area contributed by atoms with Crippen LogP contribution < -0.4 is 0 Å². The topological polar surface area (TPSA) is 38.9 Å². The quantitative estimate of drug-likeness (QED) is 0.177. The first-order chi connectivity index (χ1) is 19.8. The van der Waals surface area contributed by atoms with E-state index in [2.05, 4.69) is 66.5 Å². The van der Waals surface area contributed by atoms with Crippen LogP contribution in [0.5, 0.6) is 0 Å². The van der Waals surface area contributed by atoms with Gasteiger partial charge in [-0.15, -0.1) is 10.2 Å². The molecule has 0 aliphatic heterocycles. The van der Waals surface area contributed by atoms with E-state index < -0.39 is 0 Å². The second-order valence-electron chi connectivity index (χ2n) is 10.2. The molecule has 0 amide bonds. The minimum Gasteiger partial charge on any atom is -0.423 e. The molecule has 0 radical (unpaired) electrons. The van der Waals surface area contributed by atoms with E-state index in [1.807, 2.05) is 41.5 Å². The first kappa shape index (κ1) is 35.6. The van der Waals surface area contributed by atoms with Gasteiger partial charge in [0.25, 0.3) is 0 Å². The molecular weight excluding hydrogens is 488 g/mol. The van der Waals surface area contributed by atoms with Crippen LogP contribution in [0.25, 0.3) is 22.6 Å². The third kappa shape index (κ3) is 9.60. The maximum atomic E-state index is 5.57. The van der Waals surface area contributed by atoms with Crippen LogP contribution in [0, 0.1) is 0 Å². The summed E-state index contributed by atoms with van der Waals surface area (Å²) in [5, 5.41) is 8.12. The van der Waals surface area contributed by atoms with Crippen molar-refractivity contribution in [2.75, 3.05) is 0 Å². The number of fused-ring (bicyclic) bond motifs is 3. The number of benzene rings is 2. The molecule has 1 unspecified atom stereocenters. The lowest BCUT2D eigenvalue weighted by Gasteiger charge is -2.33. The predicted octanol–water partition coefficient (Wildman–Crippen LogP) is 12.6. The summed E-state index contributed by atoms with van der Waals surface area (Å²) in [4.78, 5) is 0. The van der Waals surface area contributed by atoms with Gasteiger partial charge in [-0.25, -0.2) is 0 Å². The number of hydrogen-bond donors (Lipinski definition) is 0. The van der Waals surface area contributed by atoms with Gasteiger partial charge in [-0.1, -0.05) is 163 Å². The van der Waals surface area contributed by atoms with Crippen LogP contribution in [-0.2, 0) is 5.41 Å². The van der Waals surface area contributed by atoms with E-state index in [0.29, 0.717) is 5.89 Å². The van der Waals surface area contributed by atoms with Crippen LogP contribution in [0.3, 0.4) is 0 Å². The minimum absolute atomic E-state index is 0.0948. The molecule has 0 N–H and O–H groups in total. The molecule has 0 saturated heterocycles. The summed E-state index contributed by atoms with van der Waals surface area (Å²) >= 11 is 0. The SMILES string of the molecule is CC.CC.CC.CCCCCCCCCC1(CCCCCCC)c2ccccc2-c2ccc(-c3nnco3)cc21. The molecule has 3 heteroatoms. The van der Waals surface area contributed by atoms with Gasteiger partial charge in [-0.05, 0) is 47.2 Å². The normalized spacial score (nSPS) is 14.5. The molecule has 3 nitrogen and oxygen atoms in total. The number of hydrogen-bond acceptors (Lipinski definition) is 3. The first-order valence-electron chi connectivity index (χ1n) is 16.8. The van der Waals surface area contributed by atoms with E-state index in [9.17, 15) is 0 Å². The molecule has 224 valence electrons. The Hall–Kier alpha value is -2.42. The largest absolute Gasteiger partial charge is 0.423 e. The molecule has 2 aromatic carbocycles. The molecule has 1 atom stereocenters. The lowest BCUT2D eigenvalue weighted by molar-refractivity contribution is 0.398. The Bertz CT molecular complexity index is 1010. The van der Waals surface area contributed by atoms with Gasteiger partial charge in [-0.3, -0.25) is 0 Å². The summed E-state index contributed by atoms with van der Waals surface area (Å²) < 4.78 is 5.57. The molecular formula is C37H60N2O. The van der Waals surface area contributed by atoms with E-state index in [-0.39, 0.29) is 5.41 Å². The lowest BCUT2D eigenvalue weighted by atomic mass is 9.70. The number of rotatable bonds is 15. The second kappa shape index (κ2) is 21.3. The highest BCUT2D eigenvalue weighted by atomic mass is 16.4. The highest BCUT2D eigenvalue weighted by Gasteiger charge is 2.42. The average molecular weight is 549 g/mol. The fourth-order valence-corrected chi connectivity index (χ4v) is 5.97. The summed E-state index contributed by atoms with van der Waals surface area (Å²) in [5.41, 5.74) is 6.97. The molecule has 0 saturated carbocycles. The maximum absolute atomic E-state index is 5.57. The predicted molar refractivity (Wildman–Crippen MR) is 176 cm³/mol.